The van der Waals surface area contributed by atoms with Crippen molar-refractivity contribution in [2.75, 3.05) is 11.6 Å². The number of guanidine groups is 1. The molecule has 0 aliphatic heterocycles. The van der Waals surface area contributed by atoms with Crippen LogP contribution in [0.15, 0.2) is 23.2 Å². The van der Waals surface area contributed by atoms with Crippen molar-refractivity contribution in [1.82, 2.24) is 4.72 Å². The molecule has 0 aromatic heterocycles. The van der Waals surface area contributed by atoms with Gasteiger partial charge in [0.1, 0.15) is 0 Å². The number of sulfonamides is 1. The number of aryl methyl sites for hydroxylation is 2. The van der Waals surface area contributed by atoms with Crippen molar-refractivity contribution in [3.8, 4) is 0 Å². The highest BCUT2D eigenvalue weighted by Crippen LogP contribution is 2.24. The average Bonchev–Trinajstić information content (AvgIpc) is 3.03. The molecule has 1 saturated carbocycles. The van der Waals surface area contributed by atoms with Gasteiger partial charge < -0.3 is 5.32 Å². The zero-order valence-electron chi connectivity index (χ0n) is 11.4. The van der Waals surface area contributed by atoms with Crippen molar-refractivity contribution in [1.29, 1.82) is 0 Å². The highest BCUT2D eigenvalue weighted by molar-refractivity contribution is 7.89. The first-order valence-electron chi connectivity index (χ1n) is 6.23. The standard InChI is InChI=1S/C13H19N3O2S/c1-9-4-7-12(10(2)8-9)15-13(14-11-5-6-11)16-19(3,17)18/h4,7-8,11H,5-6H2,1-3H3,(H2,14,15,16). The van der Waals surface area contributed by atoms with Gasteiger partial charge in [-0.1, -0.05) is 17.7 Å². The normalized spacial score (nSPS) is 16.3. The first-order chi connectivity index (χ1) is 8.83. The van der Waals surface area contributed by atoms with E-state index >= 15 is 0 Å². The van der Waals surface area contributed by atoms with Gasteiger partial charge in [-0.05, 0) is 38.3 Å². The van der Waals surface area contributed by atoms with E-state index in [0.717, 1.165) is 30.3 Å². The Hall–Kier alpha value is -1.56. The molecule has 2 rings (SSSR count). The Labute approximate surface area is 114 Å². The highest BCUT2D eigenvalue weighted by Gasteiger charge is 2.22. The molecule has 0 heterocycles. The first-order valence-corrected chi connectivity index (χ1v) is 8.12. The summed E-state index contributed by atoms with van der Waals surface area (Å²) in [5, 5.41) is 3.06. The average molecular weight is 281 g/mol. The predicted octanol–water partition coefficient (Wildman–Crippen LogP) is 1.78. The fraction of sp³-hybridized carbons (Fsp3) is 0.462. The van der Waals surface area contributed by atoms with E-state index in [9.17, 15) is 8.42 Å². The molecule has 2 N–H and O–H groups in total. The molecular formula is C13H19N3O2S. The second-order valence-electron chi connectivity index (χ2n) is 5.03. The van der Waals surface area contributed by atoms with Crippen LogP contribution in [0.4, 0.5) is 5.69 Å². The molecule has 0 spiro atoms. The molecule has 6 heteroatoms. The summed E-state index contributed by atoms with van der Waals surface area (Å²) in [6.45, 7) is 4.00. The maximum atomic E-state index is 11.3. The third-order valence-electron chi connectivity index (χ3n) is 2.78. The molecule has 5 nitrogen and oxygen atoms in total. The van der Waals surface area contributed by atoms with Crippen molar-refractivity contribution in [2.45, 2.75) is 32.7 Å². The number of benzene rings is 1. The minimum absolute atomic E-state index is 0.238. The number of nitrogens with zero attached hydrogens (tertiary/aromatic N) is 1. The fourth-order valence-electron chi connectivity index (χ4n) is 1.73. The highest BCUT2D eigenvalue weighted by atomic mass is 32.2. The van der Waals surface area contributed by atoms with Crippen LogP contribution in [0, 0.1) is 13.8 Å². The number of hydrogen-bond acceptors (Lipinski definition) is 3. The Morgan fingerprint density at radius 1 is 1.32 bits per heavy atom. The summed E-state index contributed by atoms with van der Waals surface area (Å²) in [5.74, 6) is 0.303. The Bertz CT molecular complexity index is 604. The quantitative estimate of drug-likeness (QED) is 0.655. The van der Waals surface area contributed by atoms with E-state index in [0.29, 0.717) is 5.96 Å². The van der Waals surface area contributed by atoms with E-state index in [1.54, 1.807) is 0 Å². The van der Waals surface area contributed by atoms with E-state index < -0.39 is 10.0 Å². The molecular weight excluding hydrogens is 262 g/mol. The van der Waals surface area contributed by atoms with Gasteiger partial charge in [0, 0.05) is 5.69 Å². The second kappa shape index (κ2) is 5.21. The van der Waals surface area contributed by atoms with Crippen molar-refractivity contribution in [3.05, 3.63) is 29.3 Å². The van der Waals surface area contributed by atoms with Crippen LogP contribution in [0.2, 0.25) is 0 Å². The maximum absolute atomic E-state index is 11.3. The van der Waals surface area contributed by atoms with Gasteiger partial charge in [-0.15, -0.1) is 0 Å². The molecule has 0 radical (unpaired) electrons. The molecule has 1 aliphatic carbocycles. The third-order valence-corrected chi connectivity index (χ3v) is 3.34. The zero-order valence-corrected chi connectivity index (χ0v) is 12.2. The first kappa shape index (κ1) is 13.9. The Morgan fingerprint density at radius 3 is 2.53 bits per heavy atom. The van der Waals surface area contributed by atoms with E-state index in [1.807, 2.05) is 32.0 Å². The van der Waals surface area contributed by atoms with Crippen LogP contribution < -0.4 is 10.0 Å². The molecule has 0 atom stereocenters. The summed E-state index contributed by atoms with van der Waals surface area (Å²) in [5.41, 5.74) is 3.08. The van der Waals surface area contributed by atoms with Crippen molar-refractivity contribution < 1.29 is 8.42 Å². The summed E-state index contributed by atoms with van der Waals surface area (Å²) in [6, 6.07) is 6.18. The van der Waals surface area contributed by atoms with Gasteiger partial charge in [0.05, 0.1) is 12.3 Å². The summed E-state index contributed by atoms with van der Waals surface area (Å²) < 4.78 is 25.1. The van der Waals surface area contributed by atoms with E-state index in [-0.39, 0.29) is 6.04 Å². The molecule has 0 bridgehead atoms. The lowest BCUT2D eigenvalue weighted by molar-refractivity contribution is 0.598. The Balaban J connectivity index is 2.20. The number of rotatable bonds is 3. The molecule has 0 amide bonds. The Kier molecular flexibility index (Phi) is 3.80. The smallest absolute Gasteiger partial charge is 0.232 e. The van der Waals surface area contributed by atoms with Crippen LogP contribution >= 0.6 is 0 Å². The molecule has 1 aromatic carbocycles. The SMILES string of the molecule is Cc1ccc(NC(=NC2CC2)NS(C)(=O)=O)c(C)c1. The van der Waals surface area contributed by atoms with Gasteiger partial charge in [0.15, 0.2) is 0 Å². The van der Waals surface area contributed by atoms with E-state index in [2.05, 4.69) is 15.0 Å². The van der Waals surface area contributed by atoms with Crippen LogP contribution in [0.1, 0.15) is 24.0 Å². The number of nitrogens with one attached hydrogen (secondary N) is 2. The van der Waals surface area contributed by atoms with Crippen LogP contribution in [-0.4, -0.2) is 26.7 Å². The van der Waals surface area contributed by atoms with Gasteiger partial charge in [0.25, 0.3) is 0 Å². The summed E-state index contributed by atoms with van der Waals surface area (Å²) in [7, 11) is -3.33. The zero-order chi connectivity index (χ0) is 14.0. The Morgan fingerprint density at radius 2 is 2.00 bits per heavy atom. The molecule has 0 unspecified atom stereocenters. The molecule has 1 aliphatic rings. The fourth-order valence-corrected chi connectivity index (χ4v) is 2.18. The lowest BCUT2D eigenvalue weighted by atomic mass is 10.1. The van der Waals surface area contributed by atoms with Gasteiger partial charge in [-0.25, -0.2) is 13.4 Å². The van der Waals surface area contributed by atoms with Crippen molar-refractivity contribution in [3.63, 3.8) is 0 Å². The predicted molar refractivity (Wildman–Crippen MR) is 78.0 cm³/mol. The van der Waals surface area contributed by atoms with Crippen LogP contribution in [0.5, 0.6) is 0 Å². The van der Waals surface area contributed by atoms with Crippen LogP contribution in [0.25, 0.3) is 0 Å². The van der Waals surface area contributed by atoms with E-state index in [1.165, 1.54) is 5.56 Å². The minimum atomic E-state index is -3.33. The van der Waals surface area contributed by atoms with Gasteiger partial charge >= 0.3 is 0 Å². The van der Waals surface area contributed by atoms with Gasteiger partial charge in [-0.2, -0.15) is 0 Å². The monoisotopic (exact) mass is 281 g/mol. The van der Waals surface area contributed by atoms with Gasteiger partial charge in [0.2, 0.25) is 16.0 Å². The summed E-state index contributed by atoms with van der Waals surface area (Å²) in [6.07, 6.45) is 3.16. The maximum Gasteiger partial charge on any atom is 0.232 e. The molecule has 104 valence electrons. The summed E-state index contributed by atoms with van der Waals surface area (Å²) in [4.78, 5) is 4.35. The molecule has 1 fully saturated rings. The van der Waals surface area contributed by atoms with Crippen molar-refractivity contribution in [2.24, 2.45) is 4.99 Å². The lowest BCUT2D eigenvalue weighted by Crippen LogP contribution is -2.35. The van der Waals surface area contributed by atoms with Gasteiger partial charge in [-0.3, -0.25) is 4.72 Å². The summed E-state index contributed by atoms with van der Waals surface area (Å²) >= 11 is 0. The number of hydrogen-bond donors (Lipinski definition) is 2. The largest absolute Gasteiger partial charge is 0.325 e. The molecule has 0 saturated heterocycles. The molecule has 19 heavy (non-hydrogen) atoms. The number of anilines is 1. The molecule has 1 aromatic rings. The minimum Gasteiger partial charge on any atom is -0.325 e. The lowest BCUT2D eigenvalue weighted by Gasteiger charge is -2.13. The topological polar surface area (TPSA) is 70.6 Å². The van der Waals surface area contributed by atoms with Crippen LogP contribution in [-0.2, 0) is 10.0 Å². The van der Waals surface area contributed by atoms with Crippen molar-refractivity contribution >= 4 is 21.7 Å². The third kappa shape index (κ3) is 4.55. The van der Waals surface area contributed by atoms with E-state index in [4.69, 9.17) is 0 Å². The second-order valence-corrected chi connectivity index (χ2v) is 6.77. The van der Waals surface area contributed by atoms with Crippen LogP contribution in [0.3, 0.4) is 0 Å². The number of aliphatic imine (C=N–C) groups is 1.